The minimum Gasteiger partial charge on any atom is -0.468 e. The van der Waals surface area contributed by atoms with Crippen molar-refractivity contribution in [2.24, 2.45) is 5.92 Å². The molecule has 0 amide bonds. The van der Waals surface area contributed by atoms with Crippen LogP contribution in [0.5, 0.6) is 0 Å². The molecule has 2 aliphatic carbocycles. The number of aldehydes is 1. The van der Waals surface area contributed by atoms with Crippen LogP contribution in [0.25, 0.3) is 5.57 Å². The van der Waals surface area contributed by atoms with Gasteiger partial charge in [-0.3, -0.25) is 9.59 Å². The summed E-state index contributed by atoms with van der Waals surface area (Å²) in [5.41, 5.74) is 6.10. The third-order valence-electron chi connectivity index (χ3n) is 6.87. The molecule has 0 radical (unpaired) electrons. The van der Waals surface area contributed by atoms with Crippen molar-refractivity contribution in [1.82, 2.24) is 4.90 Å². The summed E-state index contributed by atoms with van der Waals surface area (Å²) in [7, 11) is 0. The Morgan fingerprint density at radius 2 is 2.03 bits per heavy atom. The molecule has 3 aliphatic rings. The first-order valence-corrected chi connectivity index (χ1v) is 11.6. The van der Waals surface area contributed by atoms with E-state index in [4.69, 9.17) is 4.42 Å². The van der Waals surface area contributed by atoms with Gasteiger partial charge >= 0.3 is 0 Å². The molecule has 170 valence electrons. The molecule has 0 N–H and O–H groups in total. The van der Waals surface area contributed by atoms with Gasteiger partial charge in [-0.25, -0.2) is 0 Å². The molecule has 1 aromatic carbocycles. The average Bonchev–Trinajstić information content (AvgIpc) is 3.40. The van der Waals surface area contributed by atoms with E-state index in [0.717, 1.165) is 23.3 Å². The summed E-state index contributed by atoms with van der Waals surface area (Å²) in [5.74, 6) is -0.172. The fourth-order valence-corrected chi connectivity index (χ4v) is 5.25. The van der Waals surface area contributed by atoms with Crippen molar-refractivity contribution in [1.29, 1.82) is 0 Å². The molecule has 0 saturated carbocycles. The van der Waals surface area contributed by atoms with Crippen LogP contribution < -0.4 is 0 Å². The number of benzene rings is 1. The Morgan fingerprint density at radius 3 is 2.76 bits per heavy atom. The molecule has 34 heavy (non-hydrogen) atoms. The zero-order chi connectivity index (χ0) is 23.7. The molecule has 5 rings (SSSR count). The number of allylic oxidation sites excluding steroid dienone is 7. The number of hydrogen-bond acceptors (Lipinski definition) is 4. The molecule has 0 bridgehead atoms. The van der Waals surface area contributed by atoms with Crippen molar-refractivity contribution in [2.45, 2.75) is 31.8 Å². The van der Waals surface area contributed by atoms with E-state index in [2.05, 4.69) is 72.3 Å². The van der Waals surface area contributed by atoms with Crippen LogP contribution >= 0.6 is 0 Å². The molecule has 3 unspecified atom stereocenters. The first kappa shape index (κ1) is 21.9. The topological polar surface area (TPSA) is 50.5 Å². The molecule has 1 aliphatic heterocycles. The number of carbonyl (C=O) groups excluding carboxylic acids is 2. The summed E-state index contributed by atoms with van der Waals surface area (Å²) in [6, 6.07) is 12.2. The minimum atomic E-state index is -0.475. The number of fused-ring (bicyclic) bond motifs is 1. The maximum absolute atomic E-state index is 12.6. The summed E-state index contributed by atoms with van der Waals surface area (Å²) < 4.78 is 5.66. The van der Waals surface area contributed by atoms with Crippen molar-refractivity contribution >= 4 is 17.6 Å². The molecule has 0 spiro atoms. The largest absolute Gasteiger partial charge is 0.468 e. The highest BCUT2D eigenvalue weighted by molar-refractivity contribution is 6.33. The monoisotopic (exact) mass is 449 g/mol. The van der Waals surface area contributed by atoms with E-state index < -0.39 is 5.78 Å². The van der Waals surface area contributed by atoms with Gasteiger partial charge in [0.15, 0.2) is 6.29 Å². The fraction of sp³-hybridized carbons (Fsp3) is 0.200. The highest BCUT2D eigenvalue weighted by atomic mass is 16.3. The number of furan rings is 1. The van der Waals surface area contributed by atoms with E-state index in [0.29, 0.717) is 18.4 Å². The lowest BCUT2D eigenvalue weighted by atomic mass is 9.72. The second-order valence-electron chi connectivity index (χ2n) is 9.03. The predicted octanol–water partition coefficient (Wildman–Crippen LogP) is 5.93. The summed E-state index contributed by atoms with van der Waals surface area (Å²) >= 11 is 0. The van der Waals surface area contributed by atoms with Crippen LogP contribution in [0.1, 0.15) is 36.1 Å². The zero-order valence-corrected chi connectivity index (χ0v) is 19.2. The third-order valence-corrected chi connectivity index (χ3v) is 6.87. The molecule has 4 heteroatoms. The summed E-state index contributed by atoms with van der Waals surface area (Å²) in [6.07, 6.45) is 17.6. The number of hydrogen-bond donors (Lipinski definition) is 0. The quantitative estimate of drug-likeness (QED) is 0.312. The Kier molecular flexibility index (Phi) is 5.89. The molecular weight excluding hydrogens is 422 g/mol. The molecule has 0 fully saturated rings. The van der Waals surface area contributed by atoms with Crippen molar-refractivity contribution in [3.8, 4) is 0 Å². The lowest BCUT2D eigenvalue weighted by molar-refractivity contribution is -0.127. The van der Waals surface area contributed by atoms with Gasteiger partial charge in [-0.15, -0.1) is 0 Å². The van der Waals surface area contributed by atoms with Crippen LogP contribution in [-0.2, 0) is 16.1 Å². The first-order chi connectivity index (χ1) is 16.6. The number of carbonyl (C=O) groups is 2. The minimum absolute atomic E-state index is 0.115. The molecule has 3 atom stereocenters. The van der Waals surface area contributed by atoms with Gasteiger partial charge in [0.2, 0.25) is 5.78 Å². The van der Waals surface area contributed by atoms with Crippen LogP contribution in [-0.4, -0.2) is 23.0 Å². The Morgan fingerprint density at radius 1 is 1.21 bits per heavy atom. The van der Waals surface area contributed by atoms with Crippen LogP contribution in [0.2, 0.25) is 0 Å². The second-order valence-corrected chi connectivity index (χ2v) is 9.03. The summed E-state index contributed by atoms with van der Waals surface area (Å²) in [4.78, 5) is 26.3. The normalized spacial score (nSPS) is 23.7. The number of rotatable bonds is 6. The zero-order valence-electron chi connectivity index (χ0n) is 19.2. The SMILES string of the molecule is C=C1C(c2ccco2)C=C(C(=O)C=O)C2C(C)=CN(Cc3ccc(C4=CC=CCC=C4)cc3)C12. The van der Waals surface area contributed by atoms with Gasteiger partial charge in [-0.2, -0.15) is 0 Å². The lowest BCUT2D eigenvalue weighted by Crippen LogP contribution is -2.40. The Balaban J connectivity index is 1.44. The van der Waals surface area contributed by atoms with Gasteiger partial charge in [0.05, 0.1) is 18.2 Å². The van der Waals surface area contributed by atoms with Crippen molar-refractivity contribution < 1.29 is 14.0 Å². The Bertz CT molecular complexity index is 1270. The molecule has 2 aromatic rings. The maximum atomic E-state index is 12.6. The van der Waals surface area contributed by atoms with Crippen molar-refractivity contribution in [3.05, 3.63) is 126 Å². The Labute approximate surface area is 200 Å². The van der Waals surface area contributed by atoms with Crippen molar-refractivity contribution in [2.75, 3.05) is 0 Å². The smallest absolute Gasteiger partial charge is 0.221 e. The average molecular weight is 450 g/mol. The summed E-state index contributed by atoms with van der Waals surface area (Å²) in [5, 5.41) is 0. The van der Waals surface area contributed by atoms with Gasteiger partial charge in [-0.1, -0.05) is 67.3 Å². The molecule has 2 heterocycles. The predicted molar refractivity (Wildman–Crippen MR) is 134 cm³/mol. The second kappa shape index (κ2) is 9.14. The maximum Gasteiger partial charge on any atom is 0.221 e. The van der Waals surface area contributed by atoms with Crippen molar-refractivity contribution in [3.63, 3.8) is 0 Å². The van der Waals surface area contributed by atoms with Crippen LogP contribution in [0, 0.1) is 5.92 Å². The number of ketones is 1. The third kappa shape index (κ3) is 3.96. The van der Waals surface area contributed by atoms with Gasteiger partial charge in [0.1, 0.15) is 5.76 Å². The van der Waals surface area contributed by atoms with Crippen LogP contribution in [0.4, 0.5) is 0 Å². The van der Waals surface area contributed by atoms with E-state index in [1.165, 1.54) is 16.7 Å². The van der Waals surface area contributed by atoms with Gasteiger partial charge in [0.25, 0.3) is 0 Å². The lowest BCUT2D eigenvalue weighted by Gasteiger charge is -2.38. The van der Waals surface area contributed by atoms with Crippen LogP contribution in [0.15, 0.2) is 113 Å². The fourth-order valence-electron chi connectivity index (χ4n) is 5.25. The highest BCUT2D eigenvalue weighted by Gasteiger charge is 2.45. The first-order valence-electron chi connectivity index (χ1n) is 11.6. The number of nitrogens with zero attached hydrogens (tertiary/aromatic N) is 1. The van der Waals surface area contributed by atoms with Crippen LogP contribution in [0.3, 0.4) is 0 Å². The molecular formula is C30H27NO3. The molecule has 1 aromatic heterocycles. The summed E-state index contributed by atoms with van der Waals surface area (Å²) in [6.45, 7) is 7.12. The van der Waals surface area contributed by atoms with E-state index in [9.17, 15) is 9.59 Å². The van der Waals surface area contributed by atoms with Gasteiger partial charge < -0.3 is 9.32 Å². The highest BCUT2D eigenvalue weighted by Crippen LogP contribution is 2.47. The van der Waals surface area contributed by atoms with E-state index >= 15 is 0 Å². The van der Waals surface area contributed by atoms with Gasteiger partial charge in [0, 0.05) is 18.0 Å². The number of Topliss-reactive ketones (excluding diaryl/α,β-unsaturated/α-hetero) is 1. The molecule has 0 saturated heterocycles. The standard InChI is InChI=1S/C30H27NO3/c1-20-17-31(18-22-11-13-24(14-12-22)23-8-5-3-4-6-9-23)30-21(2)25(28-10-7-15-34-28)16-26(29(20)30)27(33)19-32/h3,5-17,19,25,29-30H,2,4,18H2,1H3. The van der Waals surface area contributed by atoms with E-state index in [-0.39, 0.29) is 17.9 Å². The van der Waals surface area contributed by atoms with E-state index in [1.54, 1.807) is 6.26 Å². The Hall–Kier alpha value is -3.92. The van der Waals surface area contributed by atoms with E-state index in [1.807, 2.05) is 25.1 Å². The van der Waals surface area contributed by atoms with Gasteiger partial charge in [-0.05, 0) is 59.5 Å². The molecule has 4 nitrogen and oxygen atoms in total.